The molecule has 2 bridgehead atoms. The van der Waals surface area contributed by atoms with Crippen LogP contribution in [0.25, 0.3) is 0 Å². The third-order valence-electron chi connectivity index (χ3n) is 4.70. The van der Waals surface area contributed by atoms with Crippen LogP contribution in [0.1, 0.15) is 0 Å². The van der Waals surface area contributed by atoms with E-state index in [1.165, 1.54) is 0 Å². The van der Waals surface area contributed by atoms with Crippen LogP contribution in [0.2, 0.25) is 0 Å². The van der Waals surface area contributed by atoms with Gasteiger partial charge in [0.1, 0.15) is 23.0 Å². The summed E-state index contributed by atoms with van der Waals surface area (Å²) in [7, 11) is 0. The molecule has 29 heavy (non-hydrogen) atoms. The molecular formula is C25H21NO3. The Morgan fingerprint density at radius 2 is 1.03 bits per heavy atom. The summed E-state index contributed by atoms with van der Waals surface area (Å²) in [6.07, 6.45) is 5.99. The SMILES string of the molecule is C1=CC2=C(Oc3ccccc3)C=C1C2(Oc1ccccc1)Oc1ccccc1.N. The van der Waals surface area contributed by atoms with Gasteiger partial charge in [-0.2, -0.15) is 0 Å². The lowest BCUT2D eigenvalue weighted by atomic mass is 10.1. The Labute approximate surface area is 169 Å². The van der Waals surface area contributed by atoms with E-state index in [-0.39, 0.29) is 6.15 Å². The molecule has 144 valence electrons. The molecule has 4 nitrogen and oxygen atoms in total. The zero-order valence-corrected chi connectivity index (χ0v) is 15.8. The molecular weight excluding hydrogens is 362 g/mol. The van der Waals surface area contributed by atoms with Crippen LogP contribution in [0.5, 0.6) is 17.2 Å². The zero-order valence-electron chi connectivity index (χ0n) is 15.8. The smallest absolute Gasteiger partial charge is 0.309 e. The quantitative estimate of drug-likeness (QED) is 0.543. The topological polar surface area (TPSA) is 62.7 Å². The van der Waals surface area contributed by atoms with E-state index < -0.39 is 5.79 Å². The van der Waals surface area contributed by atoms with Crippen molar-refractivity contribution < 1.29 is 14.2 Å². The van der Waals surface area contributed by atoms with Gasteiger partial charge in [0.25, 0.3) is 0 Å². The van der Waals surface area contributed by atoms with Crippen LogP contribution in [-0.4, -0.2) is 5.79 Å². The van der Waals surface area contributed by atoms with Crippen molar-refractivity contribution in [2.75, 3.05) is 0 Å². The molecule has 0 saturated carbocycles. The van der Waals surface area contributed by atoms with Crippen molar-refractivity contribution in [2.45, 2.75) is 5.79 Å². The maximum atomic E-state index is 6.43. The molecule has 5 rings (SSSR count). The van der Waals surface area contributed by atoms with E-state index in [1.54, 1.807) is 0 Å². The summed E-state index contributed by atoms with van der Waals surface area (Å²) in [5, 5.41) is 0. The van der Waals surface area contributed by atoms with Gasteiger partial charge >= 0.3 is 5.79 Å². The maximum Gasteiger partial charge on any atom is 0.309 e. The molecule has 0 amide bonds. The first kappa shape index (κ1) is 18.6. The van der Waals surface area contributed by atoms with Gasteiger partial charge in [-0.05, 0) is 54.6 Å². The highest BCUT2D eigenvalue weighted by atomic mass is 16.7. The van der Waals surface area contributed by atoms with Crippen LogP contribution >= 0.6 is 0 Å². The standard InChI is InChI=1S/C25H18O3.H3N/c1-4-10-20(11-5-1)26-24-18-19-16-17-23(24)25(19,27-21-12-6-2-7-13-21)28-22-14-8-3-9-15-22;/h1-18H;1H3. The van der Waals surface area contributed by atoms with Crippen LogP contribution in [0.3, 0.4) is 0 Å². The fourth-order valence-electron chi connectivity index (χ4n) is 3.41. The van der Waals surface area contributed by atoms with E-state index in [4.69, 9.17) is 14.2 Å². The minimum absolute atomic E-state index is 0. The summed E-state index contributed by atoms with van der Waals surface area (Å²) in [6.45, 7) is 0. The van der Waals surface area contributed by atoms with Crippen LogP contribution in [0, 0.1) is 0 Å². The molecule has 2 aliphatic carbocycles. The minimum Gasteiger partial charge on any atom is -0.457 e. The molecule has 0 aliphatic heterocycles. The van der Waals surface area contributed by atoms with Gasteiger partial charge < -0.3 is 20.4 Å². The van der Waals surface area contributed by atoms with Crippen LogP contribution < -0.4 is 20.4 Å². The Balaban J connectivity index is 0.00000205. The number of allylic oxidation sites excluding steroid dienone is 1. The van der Waals surface area contributed by atoms with Crippen LogP contribution in [0.4, 0.5) is 0 Å². The fraction of sp³-hybridized carbons (Fsp3) is 0.0400. The van der Waals surface area contributed by atoms with Crippen molar-refractivity contribution in [3.05, 3.63) is 126 Å². The number of benzene rings is 3. The van der Waals surface area contributed by atoms with Gasteiger partial charge in [-0.3, -0.25) is 0 Å². The fourth-order valence-corrected chi connectivity index (χ4v) is 3.41. The lowest BCUT2D eigenvalue weighted by Crippen LogP contribution is -2.42. The first-order valence-electron chi connectivity index (χ1n) is 9.19. The van der Waals surface area contributed by atoms with Gasteiger partial charge in [0.05, 0.1) is 5.57 Å². The number of ether oxygens (including phenoxy) is 3. The normalized spacial score (nSPS) is 15.5. The highest BCUT2D eigenvalue weighted by Gasteiger charge is 2.51. The Morgan fingerprint density at radius 1 is 0.552 bits per heavy atom. The largest absolute Gasteiger partial charge is 0.457 e. The second kappa shape index (κ2) is 7.70. The second-order valence-electron chi connectivity index (χ2n) is 6.57. The third-order valence-corrected chi connectivity index (χ3v) is 4.70. The molecule has 0 saturated heterocycles. The Kier molecular flexibility index (Phi) is 4.94. The summed E-state index contributed by atoms with van der Waals surface area (Å²) in [5.74, 6) is 1.90. The van der Waals surface area contributed by atoms with Crippen molar-refractivity contribution in [3.8, 4) is 17.2 Å². The number of hydrogen-bond acceptors (Lipinski definition) is 4. The van der Waals surface area contributed by atoms with E-state index in [2.05, 4.69) is 0 Å². The highest BCUT2D eigenvalue weighted by Crippen LogP contribution is 2.47. The lowest BCUT2D eigenvalue weighted by Gasteiger charge is -2.31. The monoisotopic (exact) mass is 383 g/mol. The Bertz CT molecular complexity index is 1030. The number of hydrogen-bond donors (Lipinski definition) is 1. The highest BCUT2D eigenvalue weighted by molar-refractivity contribution is 5.63. The third kappa shape index (κ3) is 3.42. The molecule has 0 heterocycles. The first-order valence-corrected chi connectivity index (χ1v) is 9.19. The van der Waals surface area contributed by atoms with Crippen LogP contribution in [-0.2, 0) is 0 Å². The van der Waals surface area contributed by atoms with E-state index in [0.29, 0.717) is 0 Å². The predicted molar refractivity (Wildman–Crippen MR) is 113 cm³/mol. The van der Waals surface area contributed by atoms with Gasteiger partial charge in [0.2, 0.25) is 0 Å². The zero-order chi connectivity index (χ0) is 18.8. The molecule has 4 heteroatoms. The second-order valence-corrected chi connectivity index (χ2v) is 6.57. The van der Waals surface area contributed by atoms with Gasteiger partial charge in [-0.15, -0.1) is 0 Å². The molecule has 0 radical (unpaired) electrons. The van der Waals surface area contributed by atoms with Crippen molar-refractivity contribution in [1.29, 1.82) is 0 Å². The van der Waals surface area contributed by atoms with E-state index in [0.717, 1.165) is 34.2 Å². The van der Waals surface area contributed by atoms with E-state index in [1.807, 2.05) is 109 Å². The molecule has 3 aromatic carbocycles. The van der Waals surface area contributed by atoms with Crippen molar-refractivity contribution >= 4 is 0 Å². The molecule has 0 fully saturated rings. The molecule has 3 N–H and O–H groups in total. The molecule has 0 atom stereocenters. The lowest BCUT2D eigenvalue weighted by molar-refractivity contribution is -0.0380. The molecule has 0 aromatic heterocycles. The molecule has 2 aliphatic rings. The summed E-state index contributed by atoms with van der Waals surface area (Å²) < 4.78 is 19.0. The van der Waals surface area contributed by atoms with Crippen molar-refractivity contribution in [1.82, 2.24) is 6.15 Å². The van der Waals surface area contributed by atoms with Gasteiger partial charge in [-0.1, -0.05) is 54.6 Å². The number of rotatable bonds is 6. The van der Waals surface area contributed by atoms with Crippen LogP contribution in [0.15, 0.2) is 126 Å². The van der Waals surface area contributed by atoms with Gasteiger partial charge in [-0.25, -0.2) is 0 Å². The molecule has 0 unspecified atom stereocenters. The van der Waals surface area contributed by atoms with Gasteiger partial charge in [0, 0.05) is 5.57 Å². The number of para-hydroxylation sites is 3. The number of fused-ring (bicyclic) bond motifs is 2. The van der Waals surface area contributed by atoms with Crippen molar-refractivity contribution in [3.63, 3.8) is 0 Å². The van der Waals surface area contributed by atoms with E-state index in [9.17, 15) is 0 Å². The Morgan fingerprint density at radius 3 is 1.55 bits per heavy atom. The molecule has 3 aromatic rings. The summed E-state index contributed by atoms with van der Waals surface area (Å²) >= 11 is 0. The Hall–Kier alpha value is -3.76. The van der Waals surface area contributed by atoms with Gasteiger partial charge in [0.15, 0.2) is 0 Å². The summed E-state index contributed by atoms with van der Waals surface area (Å²) in [6, 6.07) is 29.1. The minimum atomic E-state index is -1.06. The summed E-state index contributed by atoms with van der Waals surface area (Å²) in [5.41, 5.74) is 1.75. The summed E-state index contributed by atoms with van der Waals surface area (Å²) in [4.78, 5) is 0. The average molecular weight is 383 g/mol. The molecule has 0 spiro atoms. The van der Waals surface area contributed by atoms with E-state index >= 15 is 0 Å². The first-order chi connectivity index (χ1) is 13.8. The average Bonchev–Trinajstić information content (AvgIpc) is 3.20. The predicted octanol–water partition coefficient (Wildman–Crippen LogP) is 5.85. The van der Waals surface area contributed by atoms with Crippen molar-refractivity contribution in [2.24, 2.45) is 0 Å². The maximum absolute atomic E-state index is 6.43.